The molecule has 0 aromatic heterocycles. The van der Waals surface area contributed by atoms with Crippen LogP contribution in [0.4, 0.5) is 5.69 Å². The van der Waals surface area contributed by atoms with E-state index in [1.165, 1.54) is 4.90 Å². The predicted molar refractivity (Wildman–Crippen MR) is 139 cm³/mol. The normalized spacial score (nSPS) is 16.9. The highest BCUT2D eigenvalue weighted by Crippen LogP contribution is 2.44. The van der Waals surface area contributed by atoms with Gasteiger partial charge in [0, 0.05) is 16.1 Å². The van der Waals surface area contributed by atoms with Crippen molar-refractivity contribution in [2.24, 2.45) is 0 Å². The summed E-state index contributed by atoms with van der Waals surface area (Å²) in [6, 6.07) is 29.9. The number of halogens is 1. The monoisotopic (exact) mass is 481 g/mol. The Morgan fingerprint density at radius 1 is 0.886 bits per heavy atom. The Kier molecular flexibility index (Phi) is 6.01. The van der Waals surface area contributed by atoms with Crippen molar-refractivity contribution in [3.63, 3.8) is 0 Å². The lowest BCUT2D eigenvalue weighted by atomic mass is 9.88. The van der Waals surface area contributed by atoms with Crippen LogP contribution in [-0.2, 0) is 16.9 Å². The predicted octanol–water partition coefficient (Wildman–Crippen LogP) is 6.32. The van der Waals surface area contributed by atoms with Gasteiger partial charge in [-0.1, -0.05) is 96.0 Å². The number of fused-ring (bicyclic) bond motifs is 1. The van der Waals surface area contributed by atoms with Gasteiger partial charge in [0.05, 0.1) is 18.7 Å². The number of rotatable bonds is 6. The van der Waals surface area contributed by atoms with E-state index in [9.17, 15) is 14.7 Å². The molecule has 0 radical (unpaired) electrons. The molecule has 0 bridgehead atoms. The third-order valence-electron chi connectivity index (χ3n) is 6.49. The zero-order valence-electron chi connectivity index (χ0n) is 19.2. The SMILES string of the molecule is Cc1ccc(CN2C(=O)[C@@](O)(CC(=O)c3ccc(-c4ccccc4)cc3)c3cc(Cl)ccc32)cc1. The summed E-state index contributed by atoms with van der Waals surface area (Å²) in [4.78, 5) is 28.3. The molecule has 4 nitrogen and oxygen atoms in total. The van der Waals surface area contributed by atoms with Gasteiger partial charge in [0.15, 0.2) is 11.4 Å². The van der Waals surface area contributed by atoms with Gasteiger partial charge in [-0.2, -0.15) is 0 Å². The van der Waals surface area contributed by atoms with E-state index in [-0.39, 0.29) is 18.7 Å². The van der Waals surface area contributed by atoms with Crippen molar-refractivity contribution in [3.8, 4) is 11.1 Å². The second-order valence-electron chi connectivity index (χ2n) is 8.94. The Hall–Kier alpha value is -3.73. The van der Waals surface area contributed by atoms with Crippen LogP contribution in [0.1, 0.15) is 33.5 Å². The lowest BCUT2D eigenvalue weighted by Crippen LogP contribution is -2.41. The highest BCUT2D eigenvalue weighted by molar-refractivity contribution is 6.31. The molecule has 1 heterocycles. The van der Waals surface area contributed by atoms with E-state index in [4.69, 9.17) is 11.6 Å². The van der Waals surface area contributed by atoms with Gasteiger partial charge in [0.25, 0.3) is 5.91 Å². The highest BCUT2D eigenvalue weighted by Gasteiger charge is 2.51. The van der Waals surface area contributed by atoms with E-state index in [0.29, 0.717) is 21.8 Å². The molecule has 0 unspecified atom stereocenters. The van der Waals surface area contributed by atoms with E-state index < -0.39 is 11.5 Å². The molecule has 35 heavy (non-hydrogen) atoms. The number of aliphatic hydroxyl groups is 1. The molecular formula is C30H24ClNO3. The Balaban J connectivity index is 1.43. The number of nitrogens with zero attached hydrogens (tertiary/aromatic N) is 1. The van der Waals surface area contributed by atoms with Crippen molar-refractivity contribution in [1.29, 1.82) is 0 Å². The molecule has 1 aliphatic heterocycles. The van der Waals surface area contributed by atoms with Gasteiger partial charge in [-0.15, -0.1) is 0 Å². The van der Waals surface area contributed by atoms with E-state index in [0.717, 1.165) is 22.3 Å². The van der Waals surface area contributed by atoms with Gasteiger partial charge in [-0.25, -0.2) is 0 Å². The molecule has 1 N–H and O–H groups in total. The molecule has 5 heteroatoms. The molecule has 1 atom stereocenters. The first-order valence-electron chi connectivity index (χ1n) is 11.4. The van der Waals surface area contributed by atoms with Crippen LogP contribution in [0, 0.1) is 6.92 Å². The smallest absolute Gasteiger partial charge is 0.264 e. The third kappa shape index (κ3) is 4.39. The van der Waals surface area contributed by atoms with Gasteiger partial charge >= 0.3 is 0 Å². The van der Waals surface area contributed by atoms with Crippen molar-refractivity contribution in [2.45, 2.75) is 25.5 Å². The standard InChI is InChI=1S/C30H24ClNO3/c1-20-7-9-21(10-8-20)19-32-27-16-15-25(31)17-26(27)30(35,29(32)34)18-28(33)24-13-11-23(12-14-24)22-5-3-2-4-6-22/h2-17,35H,18-19H2,1H3/t30-/m1/s1. The summed E-state index contributed by atoms with van der Waals surface area (Å²) in [5.74, 6) is -0.840. The Morgan fingerprint density at radius 2 is 1.54 bits per heavy atom. The molecular weight excluding hydrogens is 458 g/mol. The first-order valence-corrected chi connectivity index (χ1v) is 11.8. The zero-order valence-corrected chi connectivity index (χ0v) is 20.0. The molecule has 4 aromatic rings. The van der Waals surface area contributed by atoms with E-state index >= 15 is 0 Å². The average molecular weight is 482 g/mol. The highest BCUT2D eigenvalue weighted by atomic mass is 35.5. The topological polar surface area (TPSA) is 57.6 Å². The van der Waals surface area contributed by atoms with Crippen molar-refractivity contribution < 1.29 is 14.7 Å². The van der Waals surface area contributed by atoms with Crippen molar-refractivity contribution in [1.82, 2.24) is 0 Å². The van der Waals surface area contributed by atoms with Crippen molar-refractivity contribution >= 4 is 29.0 Å². The van der Waals surface area contributed by atoms with Gasteiger partial charge in [0.2, 0.25) is 0 Å². The molecule has 174 valence electrons. The largest absolute Gasteiger partial charge is 0.375 e. The fourth-order valence-corrected chi connectivity index (χ4v) is 4.71. The quantitative estimate of drug-likeness (QED) is 0.328. The van der Waals surface area contributed by atoms with Gasteiger partial charge in [0.1, 0.15) is 0 Å². The number of benzene rings is 4. The zero-order chi connectivity index (χ0) is 24.6. The molecule has 0 aliphatic carbocycles. The van der Waals surface area contributed by atoms with Crippen LogP contribution >= 0.6 is 11.6 Å². The fraction of sp³-hybridized carbons (Fsp3) is 0.133. The maximum absolute atomic E-state index is 13.6. The Morgan fingerprint density at radius 3 is 2.23 bits per heavy atom. The summed E-state index contributed by atoms with van der Waals surface area (Å²) in [6.07, 6.45) is -0.367. The fourth-order valence-electron chi connectivity index (χ4n) is 4.54. The summed E-state index contributed by atoms with van der Waals surface area (Å²) in [5, 5.41) is 12.0. The summed E-state index contributed by atoms with van der Waals surface area (Å²) in [7, 11) is 0. The first kappa shape index (κ1) is 23.0. The number of hydrogen-bond donors (Lipinski definition) is 1. The Bertz CT molecular complexity index is 1400. The van der Waals surface area contributed by atoms with Gasteiger partial charge in [-0.05, 0) is 41.8 Å². The number of carbonyl (C=O) groups is 2. The lowest BCUT2D eigenvalue weighted by molar-refractivity contribution is -0.136. The minimum Gasteiger partial charge on any atom is -0.375 e. The second-order valence-corrected chi connectivity index (χ2v) is 9.38. The third-order valence-corrected chi connectivity index (χ3v) is 6.72. The molecule has 0 fully saturated rings. The molecule has 5 rings (SSSR count). The van der Waals surface area contributed by atoms with Crippen LogP contribution in [0.15, 0.2) is 97.1 Å². The summed E-state index contributed by atoms with van der Waals surface area (Å²) in [6.45, 7) is 2.29. The summed E-state index contributed by atoms with van der Waals surface area (Å²) >= 11 is 6.23. The number of carbonyl (C=O) groups excluding carboxylic acids is 2. The Labute approximate surface area is 209 Å². The first-order chi connectivity index (χ1) is 16.8. The van der Waals surface area contributed by atoms with Crippen molar-refractivity contribution in [3.05, 3.63) is 124 Å². The van der Waals surface area contributed by atoms with Crippen molar-refractivity contribution in [2.75, 3.05) is 4.90 Å². The number of anilines is 1. The average Bonchev–Trinajstić information content (AvgIpc) is 3.07. The number of Topliss-reactive ketones (excluding diaryl/α,β-unsaturated/α-hetero) is 1. The van der Waals surface area contributed by atoms with Crippen LogP contribution in [0.25, 0.3) is 11.1 Å². The maximum Gasteiger partial charge on any atom is 0.264 e. The molecule has 4 aromatic carbocycles. The van der Waals surface area contributed by atoms with Crippen LogP contribution in [0.3, 0.4) is 0 Å². The van der Waals surface area contributed by atoms with E-state index in [1.807, 2.05) is 73.7 Å². The lowest BCUT2D eigenvalue weighted by Gasteiger charge is -2.23. The van der Waals surface area contributed by atoms with Gasteiger partial charge < -0.3 is 10.0 Å². The summed E-state index contributed by atoms with van der Waals surface area (Å²) < 4.78 is 0. The van der Waals surface area contributed by atoms with Crippen LogP contribution < -0.4 is 4.90 Å². The van der Waals surface area contributed by atoms with Crippen LogP contribution in [-0.4, -0.2) is 16.8 Å². The maximum atomic E-state index is 13.6. The second kappa shape index (κ2) is 9.14. The number of hydrogen-bond acceptors (Lipinski definition) is 3. The van der Waals surface area contributed by atoms with E-state index in [1.54, 1.807) is 30.3 Å². The number of aryl methyl sites for hydroxylation is 1. The molecule has 1 amide bonds. The number of amides is 1. The van der Waals surface area contributed by atoms with E-state index in [2.05, 4.69) is 0 Å². The summed E-state index contributed by atoms with van der Waals surface area (Å²) in [5.41, 5.74) is 3.45. The molecule has 0 spiro atoms. The molecule has 0 saturated heterocycles. The minimum absolute atomic E-state index is 0.288. The molecule has 0 saturated carbocycles. The minimum atomic E-state index is -1.99. The van der Waals surface area contributed by atoms with Crippen LogP contribution in [0.5, 0.6) is 0 Å². The van der Waals surface area contributed by atoms with Crippen LogP contribution in [0.2, 0.25) is 5.02 Å². The molecule has 1 aliphatic rings. The van der Waals surface area contributed by atoms with Gasteiger partial charge in [-0.3, -0.25) is 9.59 Å². The number of ketones is 1.